The standard InChI is InChI=1S/C19H31N7O6S/c1-3-9(2)15(21)18(30)24-11(5-14(20)27)16(28)26-13(7-33)17(29)25-12(19(31)32)4-10-6-22-8-23-10/h6,8-9,11-13,15,33H,3-5,7,21H2,1-2H3,(H2,20,27)(H,22,23)(H,24,30)(H,25,29)(H,26,28)(H,31,32). The van der Waals surface area contributed by atoms with Gasteiger partial charge in [0, 0.05) is 24.1 Å². The number of hydrogen-bond acceptors (Lipinski definition) is 8. The number of aliphatic carboxylic acids is 1. The van der Waals surface area contributed by atoms with Crippen molar-refractivity contribution in [2.45, 2.75) is 57.3 Å². The van der Waals surface area contributed by atoms with E-state index in [0.29, 0.717) is 12.1 Å². The molecular formula is C19H31N7O6S. The molecule has 14 heteroatoms. The number of carbonyl (C=O) groups excluding carboxylic acids is 4. The molecule has 0 saturated carbocycles. The van der Waals surface area contributed by atoms with E-state index in [1.807, 2.05) is 6.92 Å². The number of nitrogens with two attached hydrogens (primary N) is 2. The van der Waals surface area contributed by atoms with Crippen LogP contribution in [0.1, 0.15) is 32.4 Å². The summed E-state index contributed by atoms with van der Waals surface area (Å²) in [6.45, 7) is 3.61. The Morgan fingerprint density at radius 2 is 1.67 bits per heavy atom. The second kappa shape index (κ2) is 13.4. The second-order valence-electron chi connectivity index (χ2n) is 7.57. The Hall–Kier alpha value is -3.13. The number of H-pyrrole nitrogens is 1. The van der Waals surface area contributed by atoms with Crippen molar-refractivity contribution < 1.29 is 29.1 Å². The van der Waals surface area contributed by atoms with Crippen LogP contribution in [0.3, 0.4) is 0 Å². The Kier molecular flexibility index (Phi) is 11.4. The van der Waals surface area contributed by atoms with E-state index in [-0.39, 0.29) is 18.1 Å². The van der Waals surface area contributed by atoms with Crippen LogP contribution in [-0.4, -0.2) is 74.6 Å². The van der Waals surface area contributed by atoms with Gasteiger partial charge in [-0.25, -0.2) is 9.78 Å². The molecule has 33 heavy (non-hydrogen) atoms. The number of rotatable bonds is 14. The van der Waals surface area contributed by atoms with Gasteiger partial charge in [0.15, 0.2) is 0 Å². The van der Waals surface area contributed by atoms with E-state index in [1.165, 1.54) is 12.5 Å². The lowest BCUT2D eigenvalue weighted by atomic mass is 9.99. The van der Waals surface area contributed by atoms with Crippen LogP contribution < -0.4 is 27.4 Å². The van der Waals surface area contributed by atoms with Crippen molar-refractivity contribution >= 4 is 42.2 Å². The number of hydrogen-bond donors (Lipinski definition) is 8. The smallest absolute Gasteiger partial charge is 0.326 e. The number of imidazole rings is 1. The normalized spacial score (nSPS) is 15.4. The molecule has 1 rings (SSSR count). The molecule has 5 unspecified atom stereocenters. The predicted molar refractivity (Wildman–Crippen MR) is 121 cm³/mol. The Morgan fingerprint density at radius 1 is 1.09 bits per heavy atom. The summed E-state index contributed by atoms with van der Waals surface area (Å²) in [6.07, 6.45) is 2.81. The summed E-state index contributed by atoms with van der Waals surface area (Å²) >= 11 is 4.04. The van der Waals surface area contributed by atoms with Gasteiger partial charge < -0.3 is 37.5 Å². The first-order valence-electron chi connectivity index (χ1n) is 10.3. The van der Waals surface area contributed by atoms with Gasteiger partial charge in [-0.1, -0.05) is 20.3 Å². The van der Waals surface area contributed by atoms with Crippen LogP contribution in [0.5, 0.6) is 0 Å². The number of primary amides is 1. The molecule has 0 fully saturated rings. The summed E-state index contributed by atoms with van der Waals surface area (Å²) < 4.78 is 0. The Morgan fingerprint density at radius 3 is 2.15 bits per heavy atom. The monoisotopic (exact) mass is 485 g/mol. The van der Waals surface area contributed by atoms with Gasteiger partial charge in [0.1, 0.15) is 18.1 Å². The highest BCUT2D eigenvalue weighted by molar-refractivity contribution is 7.80. The number of amides is 4. The molecule has 184 valence electrons. The number of thiol groups is 1. The quantitative estimate of drug-likeness (QED) is 0.133. The third kappa shape index (κ3) is 9.10. The zero-order valence-corrected chi connectivity index (χ0v) is 19.3. The maximum absolute atomic E-state index is 12.7. The summed E-state index contributed by atoms with van der Waals surface area (Å²) in [5.74, 6) is -4.84. The first-order chi connectivity index (χ1) is 15.5. The van der Waals surface area contributed by atoms with Gasteiger partial charge in [0.05, 0.1) is 18.8 Å². The van der Waals surface area contributed by atoms with Crippen LogP contribution in [0.4, 0.5) is 0 Å². The molecule has 1 aromatic heterocycles. The van der Waals surface area contributed by atoms with Crippen LogP contribution >= 0.6 is 12.6 Å². The van der Waals surface area contributed by atoms with Crippen LogP contribution in [0.15, 0.2) is 12.5 Å². The van der Waals surface area contributed by atoms with Crippen LogP contribution in [0.25, 0.3) is 0 Å². The number of aromatic nitrogens is 2. The second-order valence-corrected chi connectivity index (χ2v) is 7.93. The Labute approximate surface area is 196 Å². The fourth-order valence-electron chi connectivity index (χ4n) is 2.75. The molecule has 0 saturated heterocycles. The topological polar surface area (TPSA) is 222 Å². The van der Waals surface area contributed by atoms with E-state index < -0.39 is 60.2 Å². The zero-order chi connectivity index (χ0) is 25.1. The van der Waals surface area contributed by atoms with Crippen molar-refractivity contribution in [1.82, 2.24) is 25.9 Å². The van der Waals surface area contributed by atoms with E-state index in [1.54, 1.807) is 6.92 Å². The van der Waals surface area contributed by atoms with Crippen LogP contribution in [0, 0.1) is 5.92 Å². The molecule has 0 spiro atoms. The average Bonchev–Trinajstić information content (AvgIpc) is 3.27. The number of nitrogens with zero attached hydrogens (tertiary/aromatic N) is 1. The Balaban J connectivity index is 2.87. The maximum atomic E-state index is 12.7. The van der Waals surface area contributed by atoms with Crippen molar-refractivity contribution in [2.75, 3.05) is 5.75 Å². The minimum Gasteiger partial charge on any atom is -0.480 e. The molecule has 0 aliphatic heterocycles. The first kappa shape index (κ1) is 27.9. The van der Waals surface area contributed by atoms with E-state index in [0.717, 1.165) is 0 Å². The third-order valence-corrected chi connectivity index (χ3v) is 5.37. The molecule has 0 radical (unpaired) electrons. The summed E-state index contributed by atoms with van der Waals surface area (Å²) in [6, 6.07) is -4.84. The fraction of sp³-hybridized carbons (Fsp3) is 0.579. The SMILES string of the molecule is CCC(C)C(N)C(=O)NC(CC(N)=O)C(=O)NC(CS)C(=O)NC(Cc1cnc[nH]1)C(=O)O. The Bertz CT molecular complexity index is 835. The van der Waals surface area contributed by atoms with E-state index in [9.17, 15) is 29.1 Å². The molecule has 5 atom stereocenters. The minimum atomic E-state index is -1.37. The lowest BCUT2D eigenvalue weighted by molar-refractivity contribution is -0.142. The van der Waals surface area contributed by atoms with Gasteiger partial charge in [-0.3, -0.25) is 19.2 Å². The molecule has 13 nitrogen and oxygen atoms in total. The average molecular weight is 486 g/mol. The van der Waals surface area contributed by atoms with E-state index >= 15 is 0 Å². The molecule has 0 bridgehead atoms. The van der Waals surface area contributed by atoms with Gasteiger partial charge in [0.2, 0.25) is 23.6 Å². The van der Waals surface area contributed by atoms with Crippen molar-refractivity contribution in [3.63, 3.8) is 0 Å². The fourth-order valence-corrected chi connectivity index (χ4v) is 3.00. The summed E-state index contributed by atoms with van der Waals surface area (Å²) in [7, 11) is 0. The zero-order valence-electron chi connectivity index (χ0n) is 18.4. The molecule has 9 N–H and O–H groups in total. The lowest BCUT2D eigenvalue weighted by Gasteiger charge is -2.25. The van der Waals surface area contributed by atoms with Gasteiger partial charge in [-0.2, -0.15) is 12.6 Å². The third-order valence-electron chi connectivity index (χ3n) is 5.01. The van der Waals surface area contributed by atoms with Crippen molar-refractivity contribution in [3.8, 4) is 0 Å². The minimum absolute atomic E-state index is 0.0673. The number of nitrogens with one attached hydrogen (secondary N) is 4. The van der Waals surface area contributed by atoms with Gasteiger partial charge in [-0.15, -0.1) is 0 Å². The summed E-state index contributed by atoms with van der Waals surface area (Å²) in [5.41, 5.74) is 11.5. The summed E-state index contributed by atoms with van der Waals surface area (Å²) in [5, 5.41) is 16.5. The first-order valence-corrected chi connectivity index (χ1v) is 10.9. The van der Waals surface area contributed by atoms with Crippen LogP contribution in [-0.2, 0) is 30.4 Å². The number of carbonyl (C=O) groups is 5. The molecule has 1 aromatic rings. The molecule has 0 aliphatic rings. The molecule has 0 aromatic carbocycles. The lowest BCUT2D eigenvalue weighted by Crippen LogP contribution is -2.58. The largest absolute Gasteiger partial charge is 0.480 e. The number of aromatic amines is 1. The highest BCUT2D eigenvalue weighted by Crippen LogP contribution is 2.06. The van der Waals surface area contributed by atoms with Crippen molar-refractivity contribution in [2.24, 2.45) is 17.4 Å². The highest BCUT2D eigenvalue weighted by Gasteiger charge is 2.31. The van der Waals surface area contributed by atoms with E-state index in [4.69, 9.17) is 11.5 Å². The maximum Gasteiger partial charge on any atom is 0.326 e. The van der Waals surface area contributed by atoms with Gasteiger partial charge in [0.25, 0.3) is 0 Å². The molecule has 1 heterocycles. The molecule has 0 aliphatic carbocycles. The van der Waals surface area contributed by atoms with Crippen LogP contribution in [0.2, 0.25) is 0 Å². The summed E-state index contributed by atoms with van der Waals surface area (Å²) in [4.78, 5) is 67.1. The molecular weight excluding hydrogens is 454 g/mol. The number of carboxylic acids is 1. The molecule has 4 amide bonds. The van der Waals surface area contributed by atoms with Crippen molar-refractivity contribution in [3.05, 3.63) is 18.2 Å². The van der Waals surface area contributed by atoms with Crippen molar-refractivity contribution in [1.29, 1.82) is 0 Å². The number of carboxylic acid groups (broad SMARTS) is 1. The predicted octanol–water partition coefficient (Wildman–Crippen LogP) is -2.33. The highest BCUT2D eigenvalue weighted by atomic mass is 32.1. The van der Waals surface area contributed by atoms with Gasteiger partial charge >= 0.3 is 5.97 Å². The van der Waals surface area contributed by atoms with E-state index in [2.05, 4.69) is 38.5 Å². The van der Waals surface area contributed by atoms with Gasteiger partial charge in [-0.05, 0) is 5.92 Å².